The first-order valence-corrected chi connectivity index (χ1v) is 10.5. The molecular weight excluding hydrogens is 376 g/mol. The van der Waals surface area contributed by atoms with Gasteiger partial charge in [-0.3, -0.25) is 19.0 Å². The standard InChI is InChI=1S/C20H22N4O3S/c25-17(16-13-22-20-24(19(16)27)10-11-28-20)21-12-14-4-6-15(7-5-14)18(26)23-8-2-1-3-9-23/h4-7,13H,1-3,8-12H2,(H,21,25). The molecule has 2 aliphatic heterocycles. The van der Waals surface area contributed by atoms with Crippen LogP contribution >= 0.6 is 11.8 Å². The fourth-order valence-electron chi connectivity index (χ4n) is 3.50. The number of rotatable bonds is 4. The maximum Gasteiger partial charge on any atom is 0.267 e. The van der Waals surface area contributed by atoms with Gasteiger partial charge in [0, 0.05) is 43.7 Å². The van der Waals surface area contributed by atoms with Crippen LogP contribution in [0.15, 0.2) is 40.4 Å². The topological polar surface area (TPSA) is 84.3 Å². The first-order chi connectivity index (χ1) is 13.6. The van der Waals surface area contributed by atoms with Crippen molar-refractivity contribution in [2.75, 3.05) is 18.8 Å². The van der Waals surface area contributed by atoms with Gasteiger partial charge in [0.15, 0.2) is 5.16 Å². The van der Waals surface area contributed by atoms with Crippen molar-refractivity contribution in [3.8, 4) is 0 Å². The third-order valence-corrected chi connectivity index (χ3v) is 6.07. The Labute approximate surface area is 167 Å². The van der Waals surface area contributed by atoms with Crippen LogP contribution in [0.3, 0.4) is 0 Å². The molecule has 4 rings (SSSR count). The summed E-state index contributed by atoms with van der Waals surface area (Å²) in [6.07, 6.45) is 4.66. The molecule has 0 unspecified atom stereocenters. The number of hydrogen-bond donors (Lipinski definition) is 1. The van der Waals surface area contributed by atoms with Gasteiger partial charge in [-0.15, -0.1) is 0 Å². The van der Waals surface area contributed by atoms with Gasteiger partial charge in [0.2, 0.25) is 0 Å². The zero-order valence-corrected chi connectivity index (χ0v) is 16.3. The largest absolute Gasteiger partial charge is 0.348 e. The molecule has 3 heterocycles. The summed E-state index contributed by atoms with van der Waals surface area (Å²) in [5.41, 5.74) is 1.29. The molecule has 0 bridgehead atoms. The van der Waals surface area contributed by atoms with Crippen molar-refractivity contribution in [2.45, 2.75) is 37.5 Å². The Balaban J connectivity index is 1.38. The molecule has 0 spiro atoms. The summed E-state index contributed by atoms with van der Waals surface area (Å²) < 4.78 is 1.54. The number of fused-ring (bicyclic) bond motifs is 1. The van der Waals surface area contributed by atoms with Crippen LogP contribution in [0.1, 0.15) is 45.5 Å². The van der Waals surface area contributed by atoms with E-state index >= 15 is 0 Å². The minimum atomic E-state index is -0.432. The van der Waals surface area contributed by atoms with Crippen molar-refractivity contribution in [2.24, 2.45) is 0 Å². The van der Waals surface area contributed by atoms with Gasteiger partial charge >= 0.3 is 0 Å². The predicted octanol–water partition coefficient (Wildman–Crippen LogP) is 1.91. The minimum absolute atomic E-state index is 0.0585. The number of hydrogen-bond acceptors (Lipinski definition) is 5. The van der Waals surface area contributed by atoms with Crippen molar-refractivity contribution in [1.82, 2.24) is 19.8 Å². The number of carbonyl (C=O) groups excluding carboxylic acids is 2. The van der Waals surface area contributed by atoms with Crippen molar-refractivity contribution >= 4 is 23.6 Å². The van der Waals surface area contributed by atoms with E-state index in [1.165, 1.54) is 24.4 Å². The molecule has 1 N–H and O–H groups in total. The van der Waals surface area contributed by atoms with E-state index in [4.69, 9.17) is 0 Å². The Morgan fingerprint density at radius 3 is 2.57 bits per heavy atom. The predicted molar refractivity (Wildman–Crippen MR) is 107 cm³/mol. The fourth-order valence-corrected chi connectivity index (χ4v) is 4.41. The fraction of sp³-hybridized carbons (Fsp3) is 0.400. The highest BCUT2D eigenvalue weighted by molar-refractivity contribution is 7.99. The lowest BCUT2D eigenvalue weighted by atomic mass is 10.1. The van der Waals surface area contributed by atoms with Crippen LogP contribution in [0.5, 0.6) is 0 Å². The van der Waals surface area contributed by atoms with Crippen molar-refractivity contribution < 1.29 is 9.59 Å². The summed E-state index contributed by atoms with van der Waals surface area (Å²) >= 11 is 1.52. The summed E-state index contributed by atoms with van der Waals surface area (Å²) in [6.45, 7) is 2.51. The van der Waals surface area contributed by atoms with Gasteiger partial charge in [-0.05, 0) is 37.0 Å². The van der Waals surface area contributed by atoms with Crippen LogP contribution in [0.4, 0.5) is 0 Å². The van der Waals surface area contributed by atoms with E-state index in [0.717, 1.165) is 37.2 Å². The average molecular weight is 398 g/mol. The molecule has 146 valence electrons. The lowest BCUT2D eigenvalue weighted by Crippen LogP contribution is -2.35. The molecule has 7 nitrogen and oxygen atoms in total. The Morgan fingerprint density at radius 1 is 1.07 bits per heavy atom. The summed E-state index contributed by atoms with van der Waals surface area (Å²) in [5, 5.41) is 3.43. The lowest BCUT2D eigenvalue weighted by Gasteiger charge is -2.26. The van der Waals surface area contributed by atoms with Crippen LogP contribution in [0.25, 0.3) is 0 Å². The Morgan fingerprint density at radius 2 is 1.82 bits per heavy atom. The monoisotopic (exact) mass is 398 g/mol. The van der Waals surface area contributed by atoms with Gasteiger partial charge < -0.3 is 10.2 Å². The molecule has 1 aromatic carbocycles. The normalized spacial score (nSPS) is 15.9. The van der Waals surface area contributed by atoms with E-state index in [1.54, 1.807) is 16.7 Å². The first kappa shape index (κ1) is 18.7. The third kappa shape index (κ3) is 3.82. The molecule has 2 aromatic rings. The number of piperidine rings is 1. The number of nitrogens with zero attached hydrogens (tertiary/aromatic N) is 3. The minimum Gasteiger partial charge on any atom is -0.348 e. The molecule has 0 aliphatic carbocycles. The van der Waals surface area contributed by atoms with E-state index < -0.39 is 5.91 Å². The quantitative estimate of drug-likeness (QED) is 0.796. The van der Waals surface area contributed by atoms with Gasteiger partial charge in [0.25, 0.3) is 17.4 Å². The molecule has 1 saturated heterocycles. The van der Waals surface area contributed by atoms with E-state index in [1.807, 2.05) is 17.0 Å². The number of amides is 2. The van der Waals surface area contributed by atoms with Gasteiger partial charge in [-0.2, -0.15) is 0 Å². The van der Waals surface area contributed by atoms with Gasteiger partial charge in [0.1, 0.15) is 5.56 Å². The number of nitrogens with one attached hydrogen (secondary N) is 1. The third-order valence-electron chi connectivity index (χ3n) is 5.10. The molecule has 8 heteroatoms. The molecule has 1 aromatic heterocycles. The highest BCUT2D eigenvalue weighted by Crippen LogP contribution is 2.20. The molecule has 2 amide bonds. The zero-order chi connectivity index (χ0) is 19.5. The number of likely N-dealkylation sites (tertiary alicyclic amines) is 1. The second kappa shape index (κ2) is 8.18. The molecule has 2 aliphatic rings. The summed E-state index contributed by atoms with van der Waals surface area (Å²) in [6, 6.07) is 7.26. The number of benzene rings is 1. The van der Waals surface area contributed by atoms with Gasteiger partial charge in [-0.25, -0.2) is 4.98 Å². The van der Waals surface area contributed by atoms with E-state index in [9.17, 15) is 14.4 Å². The molecule has 1 fully saturated rings. The molecule has 28 heavy (non-hydrogen) atoms. The highest BCUT2D eigenvalue weighted by atomic mass is 32.2. The van der Waals surface area contributed by atoms with Crippen LogP contribution in [0.2, 0.25) is 0 Å². The number of thioether (sulfide) groups is 1. The Hall–Kier alpha value is -2.61. The van der Waals surface area contributed by atoms with Gasteiger partial charge in [-0.1, -0.05) is 23.9 Å². The van der Waals surface area contributed by atoms with Crippen LogP contribution in [-0.4, -0.2) is 45.1 Å². The second-order valence-electron chi connectivity index (χ2n) is 6.99. The van der Waals surface area contributed by atoms with Crippen molar-refractivity contribution in [3.63, 3.8) is 0 Å². The maximum atomic E-state index is 12.5. The zero-order valence-electron chi connectivity index (χ0n) is 15.5. The van der Waals surface area contributed by atoms with E-state index in [0.29, 0.717) is 17.3 Å². The van der Waals surface area contributed by atoms with Crippen molar-refractivity contribution in [1.29, 1.82) is 0 Å². The SMILES string of the molecule is O=C(NCc1ccc(C(=O)N2CCCCC2)cc1)c1cnc2n(c1=O)CCS2. The van der Waals surface area contributed by atoms with Crippen LogP contribution < -0.4 is 10.9 Å². The van der Waals surface area contributed by atoms with E-state index in [-0.39, 0.29) is 23.6 Å². The second-order valence-corrected chi connectivity index (χ2v) is 8.05. The van der Waals surface area contributed by atoms with E-state index in [2.05, 4.69) is 10.3 Å². The summed E-state index contributed by atoms with van der Waals surface area (Å²) in [7, 11) is 0. The number of aromatic nitrogens is 2. The smallest absolute Gasteiger partial charge is 0.267 e. The number of carbonyl (C=O) groups is 2. The summed E-state index contributed by atoms with van der Waals surface area (Å²) in [5.74, 6) is 0.430. The van der Waals surface area contributed by atoms with Gasteiger partial charge in [0.05, 0.1) is 0 Å². The Kier molecular flexibility index (Phi) is 5.47. The first-order valence-electron chi connectivity index (χ1n) is 9.52. The lowest BCUT2D eigenvalue weighted by molar-refractivity contribution is 0.0724. The van der Waals surface area contributed by atoms with Crippen LogP contribution in [0, 0.1) is 0 Å². The molecule has 0 atom stereocenters. The maximum absolute atomic E-state index is 12.5. The molecule has 0 saturated carbocycles. The molecule has 0 radical (unpaired) electrons. The van der Waals surface area contributed by atoms with Crippen LogP contribution in [-0.2, 0) is 13.1 Å². The molecular formula is C20H22N4O3S. The average Bonchev–Trinajstić information content (AvgIpc) is 3.23. The highest BCUT2D eigenvalue weighted by Gasteiger charge is 2.20. The summed E-state index contributed by atoms with van der Waals surface area (Å²) in [4.78, 5) is 43.4. The van der Waals surface area contributed by atoms with Crippen molar-refractivity contribution in [3.05, 3.63) is 57.5 Å². The Bertz CT molecular complexity index is 949.